The monoisotopic (exact) mass is 310 g/mol. The molecule has 2 heteroatoms. The van der Waals surface area contributed by atoms with Gasteiger partial charge < -0.3 is 10.2 Å². The summed E-state index contributed by atoms with van der Waals surface area (Å²) >= 11 is 0. The second-order valence-corrected chi connectivity index (χ2v) is 6.78. The highest BCUT2D eigenvalue weighted by Gasteiger charge is 2.23. The fourth-order valence-electron chi connectivity index (χ4n) is 3.84. The molecular weight excluding hydrogens is 284 g/mol. The fraction of sp³-hybridized carbons (Fsp3) is 0.429. The van der Waals surface area contributed by atoms with Crippen LogP contribution in [0, 0.1) is 0 Å². The van der Waals surface area contributed by atoms with Crippen molar-refractivity contribution in [2.24, 2.45) is 0 Å². The molecule has 1 fully saturated rings. The van der Waals surface area contributed by atoms with Crippen LogP contribution in [-0.4, -0.2) is 10.2 Å². The molecule has 2 nitrogen and oxygen atoms in total. The highest BCUT2D eigenvalue weighted by Crippen LogP contribution is 2.41. The van der Waals surface area contributed by atoms with Crippen molar-refractivity contribution in [3.05, 3.63) is 59.2 Å². The fourth-order valence-corrected chi connectivity index (χ4v) is 3.84. The topological polar surface area (TPSA) is 40.5 Å². The number of phenolic OH excluding ortho intramolecular Hbond substituents is 2. The Morgan fingerprint density at radius 1 is 0.826 bits per heavy atom. The Bertz CT molecular complexity index is 637. The van der Waals surface area contributed by atoms with Gasteiger partial charge in [-0.15, -0.1) is 0 Å². The predicted molar refractivity (Wildman–Crippen MR) is 94.2 cm³/mol. The van der Waals surface area contributed by atoms with E-state index in [1.807, 2.05) is 6.07 Å². The van der Waals surface area contributed by atoms with E-state index in [-0.39, 0.29) is 0 Å². The normalized spacial score (nSPS) is 21.3. The minimum Gasteiger partial charge on any atom is -0.508 e. The van der Waals surface area contributed by atoms with E-state index in [0.717, 1.165) is 18.4 Å². The van der Waals surface area contributed by atoms with Crippen LogP contribution < -0.4 is 0 Å². The maximum absolute atomic E-state index is 9.96. The molecule has 1 aliphatic rings. The molecule has 0 radical (unpaired) electrons. The van der Waals surface area contributed by atoms with Crippen LogP contribution in [-0.2, 0) is 6.42 Å². The summed E-state index contributed by atoms with van der Waals surface area (Å²) in [6.07, 6.45) is 6.79. The Morgan fingerprint density at radius 3 is 2.00 bits per heavy atom. The van der Waals surface area contributed by atoms with Crippen LogP contribution in [0.1, 0.15) is 67.6 Å². The van der Waals surface area contributed by atoms with E-state index >= 15 is 0 Å². The molecular formula is C21H26O2. The van der Waals surface area contributed by atoms with Crippen LogP contribution in [0.25, 0.3) is 0 Å². The first kappa shape index (κ1) is 15.9. The zero-order chi connectivity index (χ0) is 16.2. The van der Waals surface area contributed by atoms with Gasteiger partial charge >= 0.3 is 0 Å². The van der Waals surface area contributed by atoms with Gasteiger partial charge in [0, 0.05) is 0 Å². The van der Waals surface area contributed by atoms with Crippen LogP contribution >= 0.6 is 0 Å². The van der Waals surface area contributed by atoms with Gasteiger partial charge in [-0.3, -0.25) is 0 Å². The molecule has 1 saturated carbocycles. The largest absolute Gasteiger partial charge is 0.508 e. The molecule has 0 aromatic heterocycles. The second kappa shape index (κ2) is 7.08. The number of phenols is 2. The summed E-state index contributed by atoms with van der Waals surface area (Å²) in [7, 11) is 0. The summed E-state index contributed by atoms with van der Waals surface area (Å²) < 4.78 is 0. The highest BCUT2D eigenvalue weighted by atomic mass is 16.3. The van der Waals surface area contributed by atoms with Gasteiger partial charge in [0.1, 0.15) is 11.5 Å². The molecule has 0 spiro atoms. The van der Waals surface area contributed by atoms with Crippen molar-refractivity contribution in [3.8, 4) is 11.5 Å². The molecule has 0 heterocycles. The lowest BCUT2D eigenvalue weighted by Gasteiger charge is -2.29. The van der Waals surface area contributed by atoms with Crippen LogP contribution in [0.2, 0.25) is 0 Å². The molecule has 0 atom stereocenters. The molecule has 2 N–H and O–H groups in total. The van der Waals surface area contributed by atoms with E-state index < -0.39 is 0 Å². The Morgan fingerprint density at radius 2 is 1.39 bits per heavy atom. The number of benzene rings is 2. The first-order chi connectivity index (χ1) is 11.2. The second-order valence-electron chi connectivity index (χ2n) is 6.78. The number of rotatable bonds is 4. The molecule has 0 unspecified atom stereocenters. The third-order valence-corrected chi connectivity index (χ3v) is 5.19. The summed E-state index contributed by atoms with van der Waals surface area (Å²) in [6.45, 7) is 2.15. The standard InChI is InChI=1S/C21H26O2/c1-2-3-19-14-18(10-13-21(19)23)17-6-4-15(5-7-17)16-8-11-20(22)12-9-16/h8-15,17,22-23H,2-7H2,1H3. The average molecular weight is 310 g/mol. The number of aromatic hydroxyl groups is 2. The summed E-state index contributed by atoms with van der Waals surface area (Å²) in [5.41, 5.74) is 3.82. The van der Waals surface area contributed by atoms with Crippen molar-refractivity contribution in [1.29, 1.82) is 0 Å². The van der Waals surface area contributed by atoms with Crippen molar-refractivity contribution < 1.29 is 10.2 Å². The van der Waals surface area contributed by atoms with Crippen molar-refractivity contribution in [2.75, 3.05) is 0 Å². The average Bonchev–Trinajstić information content (AvgIpc) is 2.58. The Balaban J connectivity index is 1.67. The van der Waals surface area contributed by atoms with E-state index in [4.69, 9.17) is 0 Å². The van der Waals surface area contributed by atoms with Crippen LogP contribution in [0.5, 0.6) is 11.5 Å². The van der Waals surface area contributed by atoms with Crippen LogP contribution in [0.15, 0.2) is 42.5 Å². The molecule has 2 aromatic carbocycles. The van der Waals surface area contributed by atoms with Crippen LogP contribution in [0.4, 0.5) is 0 Å². The minimum absolute atomic E-state index is 0.343. The summed E-state index contributed by atoms with van der Waals surface area (Å²) in [5, 5.41) is 19.4. The molecule has 122 valence electrons. The Kier molecular flexibility index (Phi) is 4.90. The summed E-state index contributed by atoms with van der Waals surface area (Å²) in [4.78, 5) is 0. The minimum atomic E-state index is 0.343. The van der Waals surface area contributed by atoms with E-state index in [2.05, 4.69) is 31.2 Å². The lowest BCUT2D eigenvalue weighted by Crippen LogP contribution is -2.12. The Hall–Kier alpha value is -1.96. The van der Waals surface area contributed by atoms with Gasteiger partial charge in [0.15, 0.2) is 0 Å². The van der Waals surface area contributed by atoms with E-state index in [1.165, 1.54) is 36.8 Å². The number of aryl methyl sites for hydroxylation is 1. The maximum atomic E-state index is 9.96. The summed E-state index contributed by atoms with van der Waals surface area (Å²) in [6, 6.07) is 13.9. The van der Waals surface area contributed by atoms with E-state index in [9.17, 15) is 10.2 Å². The number of hydrogen-bond acceptors (Lipinski definition) is 2. The molecule has 2 aromatic rings. The maximum Gasteiger partial charge on any atom is 0.118 e. The predicted octanol–water partition coefficient (Wildman–Crippen LogP) is 5.49. The zero-order valence-electron chi connectivity index (χ0n) is 13.8. The Labute approximate surface area is 138 Å². The first-order valence-electron chi connectivity index (χ1n) is 8.78. The van der Waals surface area contributed by atoms with Crippen molar-refractivity contribution >= 4 is 0 Å². The smallest absolute Gasteiger partial charge is 0.118 e. The van der Waals surface area contributed by atoms with Crippen molar-refractivity contribution in [1.82, 2.24) is 0 Å². The van der Waals surface area contributed by atoms with Gasteiger partial charge in [-0.05, 0) is 78.8 Å². The molecule has 23 heavy (non-hydrogen) atoms. The van der Waals surface area contributed by atoms with E-state index in [1.54, 1.807) is 12.1 Å². The lowest BCUT2D eigenvalue weighted by atomic mass is 9.76. The molecule has 0 amide bonds. The molecule has 0 bridgehead atoms. The first-order valence-corrected chi connectivity index (χ1v) is 8.78. The third kappa shape index (κ3) is 3.69. The quantitative estimate of drug-likeness (QED) is 0.783. The van der Waals surface area contributed by atoms with Gasteiger partial charge in [0.05, 0.1) is 0 Å². The highest BCUT2D eigenvalue weighted by molar-refractivity contribution is 5.38. The van der Waals surface area contributed by atoms with Gasteiger partial charge in [-0.25, -0.2) is 0 Å². The summed E-state index contributed by atoms with van der Waals surface area (Å²) in [5.74, 6) is 2.00. The van der Waals surface area contributed by atoms with Crippen molar-refractivity contribution in [3.63, 3.8) is 0 Å². The molecule has 0 saturated heterocycles. The van der Waals surface area contributed by atoms with E-state index in [0.29, 0.717) is 23.3 Å². The lowest BCUT2D eigenvalue weighted by molar-refractivity contribution is 0.395. The van der Waals surface area contributed by atoms with Gasteiger partial charge in [0.2, 0.25) is 0 Å². The SMILES string of the molecule is CCCc1cc(C2CCC(c3ccc(O)cc3)CC2)ccc1O. The number of hydrogen-bond donors (Lipinski definition) is 2. The van der Waals surface area contributed by atoms with Crippen LogP contribution in [0.3, 0.4) is 0 Å². The molecule has 3 rings (SSSR count). The van der Waals surface area contributed by atoms with Gasteiger partial charge in [-0.2, -0.15) is 0 Å². The van der Waals surface area contributed by atoms with Crippen molar-refractivity contribution in [2.45, 2.75) is 57.3 Å². The van der Waals surface area contributed by atoms with Gasteiger partial charge in [-0.1, -0.05) is 37.6 Å². The molecule has 1 aliphatic carbocycles. The third-order valence-electron chi connectivity index (χ3n) is 5.19. The van der Waals surface area contributed by atoms with Gasteiger partial charge in [0.25, 0.3) is 0 Å². The zero-order valence-corrected chi connectivity index (χ0v) is 13.8. The molecule has 0 aliphatic heterocycles.